The average molecular weight is 408 g/mol. The van der Waals surface area contributed by atoms with Crippen LogP contribution in [0.15, 0.2) is 41.6 Å². The van der Waals surface area contributed by atoms with Gasteiger partial charge in [-0.25, -0.2) is 18.4 Å². The molecule has 144 valence electrons. The van der Waals surface area contributed by atoms with E-state index in [9.17, 15) is 8.42 Å². The van der Waals surface area contributed by atoms with Crippen LogP contribution in [0.3, 0.4) is 0 Å². The van der Waals surface area contributed by atoms with E-state index in [1.54, 1.807) is 12.1 Å². The van der Waals surface area contributed by atoms with Gasteiger partial charge in [-0.1, -0.05) is 12.8 Å². The minimum Gasteiger partial charge on any atom is -0.481 e. The van der Waals surface area contributed by atoms with Crippen molar-refractivity contribution in [3.8, 4) is 5.88 Å². The van der Waals surface area contributed by atoms with Crippen LogP contribution in [0.2, 0.25) is 0 Å². The normalized spacial score (nSPS) is 14.6. The zero-order chi connectivity index (χ0) is 19.3. The summed E-state index contributed by atoms with van der Waals surface area (Å²) < 4.78 is 32.4. The van der Waals surface area contributed by atoms with Gasteiger partial charge in [-0.15, -0.1) is 0 Å². The highest BCUT2D eigenvalue weighted by Crippen LogP contribution is 2.20. The molecule has 0 atom stereocenters. The van der Waals surface area contributed by atoms with Gasteiger partial charge in [-0.3, -0.25) is 4.72 Å². The number of methoxy groups -OCH3 is 1. The maximum Gasteiger partial charge on any atom is 0.263 e. The number of benzene rings is 1. The molecule has 0 amide bonds. The number of rotatable bonds is 6. The fourth-order valence-electron chi connectivity index (χ4n) is 2.84. The molecule has 0 spiro atoms. The Hall–Kier alpha value is -2.46. The lowest BCUT2D eigenvalue weighted by atomic mass is 10.2. The van der Waals surface area contributed by atoms with Crippen LogP contribution in [0, 0.1) is 0 Å². The number of nitrogens with zero attached hydrogens (tertiary/aromatic N) is 2. The van der Waals surface area contributed by atoms with Gasteiger partial charge >= 0.3 is 0 Å². The molecule has 0 bridgehead atoms. The van der Waals surface area contributed by atoms with E-state index in [0.29, 0.717) is 16.8 Å². The van der Waals surface area contributed by atoms with Crippen LogP contribution >= 0.6 is 12.2 Å². The van der Waals surface area contributed by atoms with Crippen LogP contribution in [0.4, 0.5) is 11.5 Å². The number of aromatic nitrogens is 2. The topological polar surface area (TPSA) is 105 Å². The molecule has 3 N–H and O–H groups in total. The number of ether oxygens (including phenoxy) is 1. The summed E-state index contributed by atoms with van der Waals surface area (Å²) in [6, 6.07) is 8.15. The SMILES string of the molecule is COc1cc(NS(=O)(=O)c2ccc(NC(=S)NC3CCCC3)cc2)ncn1. The molecular weight excluding hydrogens is 386 g/mol. The van der Waals surface area contributed by atoms with Crippen molar-refractivity contribution in [3.63, 3.8) is 0 Å². The van der Waals surface area contributed by atoms with Crippen LogP contribution < -0.4 is 20.1 Å². The summed E-state index contributed by atoms with van der Waals surface area (Å²) in [4.78, 5) is 7.84. The standard InChI is InChI=1S/C17H21N5O3S2/c1-25-16-10-15(18-11-19-16)22-27(23,24)14-8-6-13(7-9-14)21-17(26)20-12-4-2-3-5-12/h6-12H,2-5H2,1H3,(H,18,19,22)(H2,20,21,26). The smallest absolute Gasteiger partial charge is 0.263 e. The van der Waals surface area contributed by atoms with Crippen LogP contribution in [-0.2, 0) is 10.0 Å². The Bertz CT molecular complexity index is 897. The Balaban J connectivity index is 1.63. The molecule has 1 heterocycles. The lowest BCUT2D eigenvalue weighted by molar-refractivity contribution is 0.397. The predicted octanol–water partition coefficient (Wildman–Crippen LogP) is 2.52. The minimum atomic E-state index is -3.77. The molecule has 2 aromatic rings. The quantitative estimate of drug-likeness (QED) is 0.628. The van der Waals surface area contributed by atoms with Crippen LogP contribution in [0.5, 0.6) is 5.88 Å². The maximum atomic E-state index is 12.5. The number of hydrogen-bond donors (Lipinski definition) is 3. The molecule has 0 radical (unpaired) electrons. The molecule has 1 aromatic carbocycles. The van der Waals surface area contributed by atoms with E-state index >= 15 is 0 Å². The Morgan fingerprint density at radius 3 is 2.56 bits per heavy atom. The minimum absolute atomic E-state index is 0.111. The second kappa shape index (κ2) is 8.49. The average Bonchev–Trinajstić information content (AvgIpc) is 3.14. The molecule has 0 aliphatic heterocycles. The molecule has 0 unspecified atom stereocenters. The van der Waals surface area contributed by atoms with Crippen molar-refractivity contribution < 1.29 is 13.2 Å². The molecule has 1 aliphatic carbocycles. The van der Waals surface area contributed by atoms with Gasteiger partial charge in [0, 0.05) is 17.8 Å². The van der Waals surface area contributed by atoms with Crippen LogP contribution in [0.25, 0.3) is 0 Å². The summed E-state index contributed by atoms with van der Waals surface area (Å²) in [7, 11) is -2.33. The van der Waals surface area contributed by atoms with Crippen LogP contribution in [0.1, 0.15) is 25.7 Å². The van der Waals surface area contributed by atoms with Gasteiger partial charge in [-0.05, 0) is 49.3 Å². The predicted molar refractivity (Wildman–Crippen MR) is 107 cm³/mol. The van der Waals surface area contributed by atoms with Crippen molar-refractivity contribution in [2.45, 2.75) is 36.6 Å². The van der Waals surface area contributed by atoms with Crippen LogP contribution in [-0.4, -0.2) is 36.6 Å². The second-order valence-corrected chi connectivity index (χ2v) is 8.25. The van der Waals surface area contributed by atoms with Gasteiger partial charge in [-0.2, -0.15) is 0 Å². The molecule has 10 heteroatoms. The Kier molecular flexibility index (Phi) is 6.07. The molecule has 1 fully saturated rings. The molecule has 0 saturated heterocycles. The summed E-state index contributed by atoms with van der Waals surface area (Å²) in [5, 5.41) is 6.90. The van der Waals surface area contributed by atoms with E-state index in [-0.39, 0.29) is 16.6 Å². The number of anilines is 2. The Labute approximate surface area is 163 Å². The largest absolute Gasteiger partial charge is 0.481 e. The highest BCUT2D eigenvalue weighted by molar-refractivity contribution is 7.92. The van der Waals surface area contributed by atoms with Gasteiger partial charge < -0.3 is 15.4 Å². The van der Waals surface area contributed by atoms with Crippen molar-refractivity contribution >= 4 is 38.9 Å². The van der Waals surface area contributed by atoms with Gasteiger partial charge in [0.2, 0.25) is 5.88 Å². The molecule has 3 rings (SSSR count). The number of nitrogens with one attached hydrogen (secondary N) is 3. The Morgan fingerprint density at radius 2 is 1.89 bits per heavy atom. The third kappa shape index (κ3) is 5.27. The first-order valence-electron chi connectivity index (χ1n) is 8.53. The first-order valence-corrected chi connectivity index (χ1v) is 10.4. The lowest BCUT2D eigenvalue weighted by Crippen LogP contribution is -2.35. The van der Waals surface area contributed by atoms with E-state index in [4.69, 9.17) is 17.0 Å². The first kappa shape index (κ1) is 19.3. The summed E-state index contributed by atoms with van der Waals surface area (Å²) >= 11 is 5.31. The fourth-order valence-corrected chi connectivity index (χ4v) is 4.13. The summed E-state index contributed by atoms with van der Waals surface area (Å²) in [5.74, 6) is 0.400. The zero-order valence-corrected chi connectivity index (χ0v) is 16.4. The highest BCUT2D eigenvalue weighted by Gasteiger charge is 2.17. The van der Waals surface area contributed by atoms with E-state index in [2.05, 4.69) is 25.3 Å². The molecule has 27 heavy (non-hydrogen) atoms. The lowest BCUT2D eigenvalue weighted by Gasteiger charge is -2.16. The monoisotopic (exact) mass is 407 g/mol. The van der Waals surface area contributed by atoms with Crippen molar-refractivity contribution in [1.82, 2.24) is 15.3 Å². The molecule has 1 aromatic heterocycles. The second-order valence-electron chi connectivity index (χ2n) is 6.16. The summed E-state index contributed by atoms with van der Waals surface area (Å²) in [6.07, 6.45) is 5.91. The highest BCUT2D eigenvalue weighted by atomic mass is 32.2. The van der Waals surface area contributed by atoms with E-state index in [0.717, 1.165) is 12.8 Å². The number of thiocarbonyl (C=S) groups is 1. The van der Waals surface area contributed by atoms with E-state index in [1.165, 1.54) is 44.5 Å². The van der Waals surface area contributed by atoms with Gasteiger partial charge in [0.15, 0.2) is 5.11 Å². The fraction of sp³-hybridized carbons (Fsp3) is 0.353. The van der Waals surface area contributed by atoms with Crippen molar-refractivity contribution in [2.24, 2.45) is 0 Å². The molecule has 1 aliphatic rings. The molecular formula is C17H21N5O3S2. The maximum absolute atomic E-state index is 12.5. The third-order valence-corrected chi connectivity index (χ3v) is 5.79. The van der Waals surface area contributed by atoms with E-state index < -0.39 is 10.0 Å². The summed E-state index contributed by atoms with van der Waals surface area (Å²) in [5.41, 5.74) is 0.716. The van der Waals surface area contributed by atoms with Crippen molar-refractivity contribution in [1.29, 1.82) is 0 Å². The van der Waals surface area contributed by atoms with Crippen molar-refractivity contribution in [2.75, 3.05) is 17.1 Å². The first-order chi connectivity index (χ1) is 13.0. The summed E-state index contributed by atoms with van der Waals surface area (Å²) in [6.45, 7) is 0. The van der Waals surface area contributed by atoms with Gasteiger partial charge in [0.25, 0.3) is 10.0 Å². The Morgan fingerprint density at radius 1 is 1.19 bits per heavy atom. The van der Waals surface area contributed by atoms with Gasteiger partial charge in [0.05, 0.1) is 12.0 Å². The van der Waals surface area contributed by atoms with Crippen molar-refractivity contribution in [3.05, 3.63) is 36.7 Å². The molecule has 8 nitrogen and oxygen atoms in total. The van der Waals surface area contributed by atoms with E-state index in [1.807, 2.05) is 0 Å². The number of sulfonamides is 1. The van der Waals surface area contributed by atoms with Gasteiger partial charge in [0.1, 0.15) is 12.1 Å². The number of hydrogen-bond acceptors (Lipinski definition) is 6. The molecule has 1 saturated carbocycles. The third-order valence-electron chi connectivity index (χ3n) is 4.20. The zero-order valence-electron chi connectivity index (χ0n) is 14.8.